The number of amides is 2. The Bertz CT molecular complexity index is 720. The average Bonchev–Trinajstić information content (AvgIpc) is 2.52. The van der Waals surface area contributed by atoms with Crippen molar-refractivity contribution in [3.63, 3.8) is 0 Å². The van der Waals surface area contributed by atoms with Crippen molar-refractivity contribution >= 4 is 39.3 Å². The number of aryl methyl sites for hydroxylation is 1. The lowest BCUT2D eigenvalue weighted by molar-refractivity contribution is -0.123. The molecule has 2 aromatic rings. The lowest BCUT2D eigenvalue weighted by atomic mass is 10.2. The van der Waals surface area contributed by atoms with Gasteiger partial charge >= 0.3 is 0 Å². The quantitative estimate of drug-likeness (QED) is 0.778. The third kappa shape index (κ3) is 5.26. The van der Waals surface area contributed by atoms with Gasteiger partial charge in [0.25, 0.3) is 11.8 Å². The summed E-state index contributed by atoms with van der Waals surface area (Å²) in [5.74, 6) is -0.317. The van der Waals surface area contributed by atoms with E-state index in [0.717, 1.165) is 10.0 Å². The van der Waals surface area contributed by atoms with Crippen LogP contribution in [0.2, 0.25) is 5.02 Å². The first-order valence-corrected chi connectivity index (χ1v) is 7.86. The Labute approximate surface area is 147 Å². The lowest BCUT2D eigenvalue weighted by Gasteiger charge is -2.10. The normalized spacial score (nSPS) is 10.0. The SMILES string of the molecule is Cc1cc(Cl)ccc1OCC(=O)NNC(=O)c1ccc(Br)cc1. The Kier molecular flexibility index (Phi) is 6.01. The summed E-state index contributed by atoms with van der Waals surface area (Å²) in [7, 11) is 0. The number of halogens is 2. The first-order chi connectivity index (χ1) is 11.0. The van der Waals surface area contributed by atoms with E-state index in [1.165, 1.54) is 0 Å². The number of benzene rings is 2. The molecule has 7 heteroatoms. The molecule has 2 N–H and O–H groups in total. The van der Waals surface area contributed by atoms with Gasteiger partial charge in [0.15, 0.2) is 6.61 Å². The van der Waals surface area contributed by atoms with Crippen LogP contribution in [0.1, 0.15) is 15.9 Å². The molecule has 0 fully saturated rings. The van der Waals surface area contributed by atoms with E-state index in [0.29, 0.717) is 16.3 Å². The molecule has 2 amide bonds. The second-order valence-corrected chi connectivity index (χ2v) is 6.06. The molecule has 0 bridgehead atoms. The topological polar surface area (TPSA) is 67.4 Å². The molecule has 0 saturated heterocycles. The van der Waals surface area contributed by atoms with Crippen LogP contribution in [0.25, 0.3) is 0 Å². The maximum Gasteiger partial charge on any atom is 0.276 e. The zero-order valence-corrected chi connectivity index (χ0v) is 14.6. The Hall–Kier alpha value is -2.05. The van der Waals surface area contributed by atoms with E-state index in [1.54, 1.807) is 42.5 Å². The summed E-state index contributed by atoms with van der Waals surface area (Å²) in [5, 5.41) is 0.598. The number of rotatable bonds is 4. The second-order valence-electron chi connectivity index (χ2n) is 4.71. The highest BCUT2D eigenvalue weighted by molar-refractivity contribution is 9.10. The summed E-state index contributed by atoms with van der Waals surface area (Å²) in [4.78, 5) is 23.5. The number of carbonyl (C=O) groups is 2. The van der Waals surface area contributed by atoms with Crippen LogP contribution in [-0.4, -0.2) is 18.4 Å². The Balaban J connectivity index is 1.81. The van der Waals surface area contributed by atoms with Gasteiger partial charge in [-0.2, -0.15) is 0 Å². The van der Waals surface area contributed by atoms with Crippen LogP contribution in [0.5, 0.6) is 5.75 Å². The van der Waals surface area contributed by atoms with Crippen molar-refractivity contribution in [1.82, 2.24) is 10.9 Å². The van der Waals surface area contributed by atoms with Gasteiger partial charge in [-0.15, -0.1) is 0 Å². The van der Waals surface area contributed by atoms with Crippen LogP contribution in [0.4, 0.5) is 0 Å². The Morgan fingerprint density at radius 3 is 2.48 bits per heavy atom. The molecular formula is C16H14BrClN2O3. The van der Waals surface area contributed by atoms with Crippen LogP contribution < -0.4 is 15.6 Å². The number of hydrogen-bond acceptors (Lipinski definition) is 3. The van der Waals surface area contributed by atoms with Crippen LogP contribution in [0, 0.1) is 6.92 Å². The minimum atomic E-state index is -0.468. The molecule has 5 nitrogen and oxygen atoms in total. The standard InChI is InChI=1S/C16H14BrClN2O3/c1-10-8-13(18)6-7-14(10)23-9-15(21)19-20-16(22)11-2-4-12(17)5-3-11/h2-8H,9H2,1H3,(H,19,21)(H,20,22). The van der Waals surface area contributed by atoms with Crippen molar-refractivity contribution in [3.8, 4) is 5.75 Å². The van der Waals surface area contributed by atoms with E-state index in [4.69, 9.17) is 16.3 Å². The van der Waals surface area contributed by atoms with Gasteiger partial charge in [-0.3, -0.25) is 20.4 Å². The first kappa shape index (κ1) is 17.3. The third-order valence-corrected chi connectivity index (χ3v) is 3.68. The highest BCUT2D eigenvalue weighted by Gasteiger charge is 2.08. The Morgan fingerprint density at radius 1 is 1.13 bits per heavy atom. The van der Waals surface area contributed by atoms with Crippen LogP contribution in [-0.2, 0) is 4.79 Å². The van der Waals surface area contributed by atoms with Gasteiger partial charge < -0.3 is 4.74 Å². The molecule has 2 aromatic carbocycles. The monoisotopic (exact) mass is 396 g/mol. The molecule has 0 saturated carbocycles. The molecule has 0 aliphatic carbocycles. The molecule has 0 atom stereocenters. The molecular weight excluding hydrogens is 384 g/mol. The summed E-state index contributed by atoms with van der Waals surface area (Å²) in [6.07, 6.45) is 0. The molecule has 0 aliphatic heterocycles. The molecule has 120 valence electrons. The van der Waals surface area contributed by atoms with E-state index in [2.05, 4.69) is 26.8 Å². The van der Waals surface area contributed by atoms with Gasteiger partial charge in [-0.1, -0.05) is 27.5 Å². The fraction of sp³-hybridized carbons (Fsp3) is 0.125. The summed E-state index contributed by atoms with van der Waals surface area (Å²) < 4.78 is 6.24. The predicted molar refractivity (Wildman–Crippen MR) is 91.4 cm³/mol. The fourth-order valence-electron chi connectivity index (χ4n) is 1.75. The molecule has 0 radical (unpaired) electrons. The van der Waals surface area contributed by atoms with E-state index in [9.17, 15) is 9.59 Å². The molecule has 0 aliphatic rings. The van der Waals surface area contributed by atoms with Gasteiger partial charge in [0.2, 0.25) is 0 Å². The fourth-order valence-corrected chi connectivity index (χ4v) is 2.25. The minimum absolute atomic E-state index is 0.219. The maximum atomic E-state index is 11.8. The van der Waals surface area contributed by atoms with Gasteiger partial charge in [0.05, 0.1) is 0 Å². The molecule has 23 heavy (non-hydrogen) atoms. The predicted octanol–water partition coefficient (Wildman–Crippen LogP) is 3.25. The Morgan fingerprint density at radius 2 is 1.83 bits per heavy atom. The van der Waals surface area contributed by atoms with E-state index < -0.39 is 11.8 Å². The van der Waals surface area contributed by atoms with Crippen molar-refractivity contribution in [2.45, 2.75) is 6.92 Å². The van der Waals surface area contributed by atoms with Gasteiger partial charge in [0.1, 0.15) is 5.75 Å². The van der Waals surface area contributed by atoms with Crippen LogP contribution >= 0.6 is 27.5 Å². The summed E-state index contributed by atoms with van der Waals surface area (Å²) in [6.45, 7) is 1.61. The zero-order valence-electron chi connectivity index (χ0n) is 12.2. The first-order valence-electron chi connectivity index (χ1n) is 6.69. The van der Waals surface area contributed by atoms with Crippen molar-refractivity contribution < 1.29 is 14.3 Å². The highest BCUT2D eigenvalue weighted by atomic mass is 79.9. The van der Waals surface area contributed by atoms with Crippen molar-refractivity contribution in [2.75, 3.05) is 6.61 Å². The molecule has 2 rings (SSSR count). The minimum Gasteiger partial charge on any atom is -0.483 e. The summed E-state index contributed by atoms with van der Waals surface area (Å²) in [6, 6.07) is 11.9. The molecule has 0 heterocycles. The van der Waals surface area contributed by atoms with Crippen LogP contribution in [0.15, 0.2) is 46.9 Å². The number of hydrogen-bond donors (Lipinski definition) is 2. The number of nitrogens with one attached hydrogen (secondary N) is 2. The summed E-state index contributed by atoms with van der Waals surface area (Å²) in [5.41, 5.74) is 5.88. The van der Waals surface area contributed by atoms with Crippen molar-refractivity contribution in [2.24, 2.45) is 0 Å². The van der Waals surface area contributed by atoms with E-state index in [-0.39, 0.29) is 6.61 Å². The van der Waals surface area contributed by atoms with Gasteiger partial charge in [-0.25, -0.2) is 0 Å². The zero-order chi connectivity index (χ0) is 16.8. The van der Waals surface area contributed by atoms with E-state index >= 15 is 0 Å². The van der Waals surface area contributed by atoms with Gasteiger partial charge in [-0.05, 0) is 55.0 Å². The second kappa shape index (κ2) is 7.99. The smallest absolute Gasteiger partial charge is 0.276 e. The van der Waals surface area contributed by atoms with Crippen LogP contribution in [0.3, 0.4) is 0 Å². The summed E-state index contributed by atoms with van der Waals surface area (Å²) >= 11 is 9.13. The average molecular weight is 398 g/mol. The van der Waals surface area contributed by atoms with Crippen molar-refractivity contribution in [1.29, 1.82) is 0 Å². The van der Waals surface area contributed by atoms with E-state index in [1.807, 2.05) is 6.92 Å². The molecule has 0 aromatic heterocycles. The number of ether oxygens (including phenoxy) is 1. The van der Waals surface area contributed by atoms with Gasteiger partial charge in [0, 0.05) is 15.1 Å². The highest BCUT2D eigenvalue weighted by Crippen LogP contribution is 2.21. The number of carbonyl (C=O) groups excluding carboxylic acids is 2. The number of hydrazine groups is 1. The lowest BCUT2D eigenvalue weighted by Crippen LogP contribution is -2.43. The third-order valence-electron chi connectivity index (χ3n) is 2.92. The van der Waals surface area contributed by atoms with Crippen molar-refractivity contribution in [3.05, 3.63) is 63.1 Å². The largest absolute Gasteiger partial charge is 0.483 e. The maximum absolute atomic E-state index is 11.8. The molecule has 0 unspecified atom stereocenters. The molecule has 0 spiro atoms.